The highest BCUT2D eigenvalue weighted by atomic mass is 28.4. The molecule has 16 nitrogen and oxygen atoms in total. The predicted molar refractivity (Wildman–Crippen MR) is 176 cm³/mol. The number of hydrogen-bond acceptors (Lipinski definition) is 15. The van der Waals surface area contributed by atoms with E-state index in [0.717, 1.165) is 20.8 Å². The number of nitro groups is 1. The van der Waals surface area contributed by atoms with Crippen molar-refractivity contribution >= 4 is 37.9 Å². The highest BCUT2D eigenvalue weighted by Gasteiger charge is 2.55. The Labute approximate surface area is 291 Å². The summed E-state index contributed by atoms with van der Waals surface area (Å²) in [6.45, 7) is 16.3. The van der Waals surface area contributed by atoms with Gasteiger partial charge in [-0.1, -0.05) is 20.8 Å². The molecule has 2 heterocycles. The molecule has 0 radical (unpaired) electrons. The van der Waals surface area contributed by atoms with Gasteiger partial charge in [-0.3, -0.25) is 29.3 Å². The van der Waals surface area contributed by atoms with Crippen LogP contribution in [0, 0.1) is 10.1 Å². The minimum absolute atomic E-state index is 0.156. The second-order valence-corrected chi connectivity index (χ2v) is 18.0. The fraction of sp³-hybridized carbons (Fsp3) is 0.636. The van der Waals surface area contributed by atoms with Crippen LogP contribution < -0.4 is 0 Å². The van der Waals surface area contributed by atoms with Crippen LogP contribution in [0.5, 0.6) is 0 Å². The maximum Gasteiger partial charge on any atom is 0.303 e. The second-order valence-electron chi connectivity index (χ2n) is 13.3. The molecule has 0 aromatic heterocycles. The number of esters is 4. The molecule has 0 unspecified atom stereocenters. The lowest BCUT2D eigenvalue weighted by Gasteiger charge is -2.47. The van der Waals surface area contributed by atoms with E-state index in [1.807, 2.05) is 33.9 Å². The SMILES string of the molecule is CCO[C@H]1C=C(O[Si](C)(C)C(C)(C)C)[C@@H](O[C@@H]2O[C@H](COC(C)=O)[C@@H](OC(C)=O)[C@H](OC(C)=O)[C@H]2OC(C)=O)[C@@H](c2ccc([N+](=O)[O-])cc2)O1. The Morgan fingerprint density at radius 3 is 1.92 bits per heavy atom. The molecule has 0 aliphatic carbocycles. The molecule has 2 aliphatic heterocycles. The fourth-order valence-corrected chi connectivity index (χ4v) is 6.12. The average Bonchev–Trinajstić information content (AvgIpc) is 2.98. The molecule has 1 fully saturated rings. The van der Waals surface area contributed by atoms with Gasteiger partial charge in [0.1, 0.15) is 30.7 Å². The standard InChI is InChI=1S/C33H47NO15Si/c1-11-41-26-16-24(49-50(9,10)33(6,7)8)28(27(47-26)22-12-14-23(15-13-22)34(39)40)48-32-31(45-21(5)38)30(44-20(4)37)29(43-19(3)36)25(46-32)17-42-18(2)35/h12-16,25-32H,11,17H2,1-10H3/t25-,26-,27-,28-,29-,30+,31-,32+/m1/s1. The summed E-state index contributed by atoms with van der Waals surface area (Å²) in [7, 11) is -2.61. The third-order valence-corrected chi connectivity index (χ3v) is 12.7. The topological polar surface area (TPSA) is 194 Å². The summed E-state index contributed by atoms with van der Waals surface area (Å²) in [6.07, 6.45) is -8.76. The minimum Gasteiger partial charge on any atom is -0.545 e. The minimum atomic E-state index is -2.61. The van der Waals surface area contributed by atoms with Gasteiger partial charge in [-0.2, -0.15) is 0 Å². The van der Waals surface area contributed by atoms with Crippen molar-refractivity contribution in [3.8, 4) is 0 Å². The molecule has 1 saturated heterocycles. The van der Waals surface area contributed by atoms with E-state index in [2.05, 4.69) is 0 Å². The molecule has 1 aromatic rings. The van der Waals surface area contributed by atoms with Crippen molar-refractivity contribution in [2.24, 2.45) is 0 Å². The summed E-state index contributed by atoms with van der Waals surface area (Å²) in [5, 5.41) is 11.2. The van der Waals surface area contributed by atoms with Crippen molar-refractivity contribution in [3.05, 3.63) is 51.8 Å². The molecule has 50 heavy (non-hydrogen) atoms. The molecule has 0 bridgehead atoms. The molecule has 0 N–H and O–H groups in total. The number of carbonyl (C=O) groups is 4. The zero-order valence-corrected chi connectivity index (χ0v) is 31.0. The maximum absolute atomic E-state index is 12.5. The Kier molecular flexibility index (Phi) is 13.7. The number of nitrogens with zero attached hydrogens (tertiary/aromatic N) is 1. The van der Waals surface area contributed by atoms with Crippen LogP contribution in [0.25, 0.3) is 0 Å². The van der Waals surface area contributed by atoms with Crippen LogP contribution in [-0.4, -0.2) is 93.4 Å². The number of carbonyl (C=O) groups excluding carboxylic acids is 4. The third-order valence-electron chi connectivity index (χ3n) is 8.31. The van der Waals surface area contributed by atoms with Gasteiger partial charge in [0.2, 0.25) is 8.32 Å². The van der Waals surface area contributed by atoms with Gasteiger partial charge >= 0.3 is 23.9 Å². The lowest BCUT2D eigenvalue weighted by Crippen LogP contribution is -2.63. The molecule has 8 atom stereocenters. The van der Waals surface area contributed by atoms with Crippen LogP contribution in [0.4, 0.5) is 5.69 Å². The van der Waals surface area contributed by atoms with Crippen LogP contribution >= 0.6 is 0 Å². The van der Waals surface area contributed by atoms with E-state index < -0.39 is 92.9 Å². The number of benzene rings is 1. The van der Waals surface area contributed by atoms with Gasteiger partial charge in [0.15, 0.2) is 30.9 Å². The summed E-state index contributed by atoms with van der Waals surface area (Å²) in [6, 6.07) is 5.63. The van der Waals surface area contributed by atoms with Gasteiger partial charge < -0.3 is 42.3 Å². The largest absolute Gasteiger partial charge is 0.545 e. The molecule has 0 saturated carbocycles. The Hall–Kier alpha value is -3.90. The lowest BCUT2D eigenvalue weighted by atomic mass is 9.97. The second kappa shape index (κ2) is 16.9. The zero-order chi connectivity index (χ0) is 37.6. The monoisotopic (exact) mass is 725 g/mol. The Balaban J connectivity index is 2.23. The fourth-order valence-electron chi connectivity index (χ4n) is 5.05. The number of non-ortho nitro benzene ring substituents is 1. The Morgan fingerprint density at radius 1 is 0.860 bits per heavy atom. The van der Waals surface area contributed by atoms with E-state index in [4.69, 9.17) is 42.3 Å². The molecule has 3 rings (SSSR count). The molecule has 0 spiro atoms. The van der Waals surface area contributed by atoms with Crippen LogP contribution in [0.3, 0.4) is 0 Å². The summed E-state index contributed by atoms with van der Waals surface area (Å²) in [5.74, 6) is -2.77. The van der Waals surface area contributed by atoms with Crippen LogP contribution in [0.2, 0.25) is 18.1 Å². The van der Waals surface area contributed by atoms with Gasteiger partial charge in [-0.25, -0.2) is 0 Å². The molecule has 17 heteroatoms. The number of hydrogen-bond donors (Lipinski definition) is 0. The van der Waals surface area contributed by atoms with Gasteiger partial charge in [0, 0.05) is 52.5 Å². The summed E-state index contributed by atoms with van der Waals surface area (Å²) >= 11 is 0. The molecule has 278 valence electrons. The van der Waals surface area contributed by atoms with Crippen molar-refractivity contribution in [1.82, 2.24) is 0 Å². The van der Waals surface area contributed by atoms with Crippen molar-refractivity contribution in [2.75, 3.05) is 13.2 Å². The van der Waals surface area contributed by atoms with Crippen LogP contribution in [-0.2, 0) is 61.5 Å². The first-order chi connectivity index (χ1) is 23.2. The molecule has 0 amide bonds. The van der Waals surface area contributed by atoms with E-state index in [0.29, 0.717) is 5.56 Å². The molecular formula is C33H47NO15Si. The number of nitro benzene ring substituents is 1. The van der Waals surface area contributed by atoms with Crippen molar-refractivity contribution in [2.45, 2.75) is 123 Å². The van der Waals surface area contributed by atoms with Crippen molar-refractivity contribution in [1.29, 1.82) is 0 Å². The normalized spacial score (nSPS) is 27.0. The van der Waals surface area contributed by atoms with E-state index in [1.165, 1.54) is 31.2 Å². The van der Waals surface area contributed by atoms with E-state index in [-0.39, 0.29) is 23.1 Å². The number of rotatable bonds is 13. The van der Waals surface area contributed by atoms with E-state index in [1.54, 1.807) is 13.0 Å². The van der Waals surface area contributed by atoms with Gasteiger partial charge in [-0.05, 0) is 42.8 Å². The summed E-state index contributed by atoms with van der Waals surface area (Å²) < 4.78 is 53.7. The maximum atomic E-state index is 12.5. The Bertz CT molecular complexity index is 1420. The highest BCUT2D eigenvalue weighted by molar-refractivity contribution is 6.74. The van der Waals surface area contributed by atoms with E-state index >= 15 is 0 Å². The van der Waals surface area contributed by atoms with Gasteiger partial charge in [-0.15, -0.1) is 0 Å². The summed E-state index contributed by atoms with van der Waals surface area (Å²) in [4.78, 5) is 59.8. The number of ether oxygens (including phenoxy) is 8. The first-order valence-corrected chi connectivity index (χ1v) is 19.0. The van der Waals surface area contributed by atoms with Crippen molar-refractivity contribution in [3.63, 3.8) is 0 Å². The van der Waals surface area contributed by atoms with E-state index in [9.17, 15) is 29.3 Å². The van der Waals surface area contributed by atoms with Gasteiger partial charge in [0.25, 0.3) is 5.69 Å². The molecule has 1 aromatic carbocycles. The third kappa shape index (κ3) is 10.6. The van der Waals surface area contributed by atoms with Crippen LogP contribution in [0.1, 0.15) is 67.1 Å². The highest BCUT2D eigenvalue weighted by Crippen LogP contribution is 2.44. The lowest BCUT2D eigenvalue weighted by molar-refractivity contribution is -0.384. The van der Waals surface area contributed by atoms with Gasteiger partial charge in [0.05, 0.1) is 4.92 Å². The average molecular weight is 726 g/mol. The summed E-state index contributed by atoms with van der Waals surface area (Å²) in [5.41, 5.74) is 0.289. The first-order valence-electron chi connectivity index (χ1n) is 16.1. The smallest absolute Gasteiger partial charge is 0.303 e. The quantitative estimate of drug-likeness (QED) is 0.0912. The molecular weight excluding hydrogens is 678 g/mol. The Morgan fingerprint density at radius 2 is 1.42 bits per heavy atom. The molecule has 2 aliphatic rings. The van der Waals surface area contributed by atoms with Crippen LogP contribution in [0.15, 0.2) is 36.1 Å². The predicted octanol–water partition coefficient (Wildman–Crippen LogP) is 4.40. The van der Waals surface area contributed by atoms with Crippen molar-refractivity contribution < 1.29 is 66.4 Å². The zero-order valence-electron chi connectivity index (χ0n) is 30.0. The first kappa shape index (κ1) is 40.5.